The van der Waals surface area contributed by atoms with E-state index in [0.29, 0.717) is 24.3 Å². The molecule has 0 radical (unpaired) electrons. The molecule has 5 rings (SSSR count). The molecule has 0 aromatic carbocycles. The minimum absolute atomic E-state index is 0.0545. The number of aryl methyl sites for hydroxylation is 1. The summed E-state index contributed by atoms with van der Waals surface area (Å²) in [5.41, 5.74) is 0.611. The van der Waals surface area contributed by atoms with Crippen molar-refractivity contribution in [3.8, 4) is 0 Å². The molecule has 4 aliphatic carbocycles. The number of aromatic nitrogens is 1. The Morgan fingerprint density at radius 3 is 2.50 bits per heavy atom. The number of hydrogen-bond acceptors (Lipinski definition) is 3. The van der Waals surface area contributed by atoms with Gasteiger partial charge in [-0.3, -0.25) is 9.59 Å². The Labute approximate surface area is 145 Å². The highest BCUT2D eigenvalue weighted by Gasteiger charge is 2.58. The third-order valence-corrected chi connectivity index (χ3v) is 6.55. The van der Waals surface area contributed by atoms with Gasteiger partial charge in [-0.05, 0) is 68.9 Å². The van der Waals surface area contributed by atoms with Crippen LogP contribution in [0.15, 0.2) is 12.1 Å². The largest absolute Gasteiger partial charge is 0.481 e. The number of carbonyl (C=O) groups is 2. The van der Waals surface area contributed by atoms with E-state index in [1.165, 1.54) is 0 Å². The molecule has 4 saturated carbocycles. The van der Waals surface area contributed by atoms with Crippen molar-refractivity contribution >= 4 is 23.5 Å². The molecule has 24 heavy (non-hydrogen) atoms. The van der Waals surface area contributed by atoms with E-state index in [1.54, 1.807) is 12.1 Å². The number of halogens is 1. The van der Waals surface area contributed by atoms with E-state index in [4.69, 9.17) is 11.6 Å². The van der Waals surface area contributed by atoms with E-state index >= 15 is 0 Å². The van der Waals surface area contributed by atoms with Gasteiger partial charge in [-0.1, -0.05) is 11.6 Å². The zero-order valence-corrected chi connectivity index (χ0v) is 14.3. The van der Waals surface area contributed by atoms with Crippen LogP contribution in [0.3, 0.4) is 0 Å². The zero-order valence-electron chi connectivity index (χ0n) is 13.6. The Morgan fingerprint density at radius 2 is 1.92 bits per heavy atom. The maximum atomic E-state index is 12.6. The number of carboxylic acids is 1. The summed E-state index contributed by atoms with van der Waals surface area (Å²) in [7, 11) is 0. The van der Waals surface area contributed by atoms with Crippen molar-refractivity contribution in [1.82, 2.24) is 10.3 Å². The summed E-state index contributed by atoms with van der Waals surface area (Å²) >= 11 is 6.11. The summed E-state index contributed by atoms with van der Waals surface area (Å²) in [6.07, 6.45) is 4.22. The first-order valence-electron chi connectivity index (χ1n) is 8.55. The van der Waals surface area contributed by atoms with Gasteiger partial charge in [-0.15, -0.1) is 0 Å². The molecule has 128 valence electrons. The average Bonchev–Trinajstić information content (AvgIpc) is 2.50. The number of hydrogen-bond donors (Lipinski definition) is 2. The summed E-state index contributed by atoms with van der Waals surface area (Å²) in [6, 6.07) is 3.53. The molecule has 5 nitrogen and oxygen atoms in total. The maximum absolute atomic E-state index is 12.6. The van der Waals surface area contributed by atoms with E-state index in [9.17, 15) is 14.7 Å². The van der Waals surface area contributed by atoms with Crippen LogP contribution in [0.4, 0.5) is 0 Å². The highest BCUT2D eigenvalue weighted by Crippen LogP contribution is 2.60. The topological polar surface area (TPSA) is 79.3 Å². The predicted molar refractivity (Wildman–Crippen MR) is 88.9 cm³/mol. The Bertz CT molecular complexity index is 704. The third-order valence-electron chi connectivity index (χ3n) is 6.26. The average molecular weight is 349 g/mol. The number of nitrogens with zero attached hydrogens (tertiary/aromatic N) is 1. The van der Waals surface area contributed by atoms with Crippen LogP contribution in [0.5, 0.6) is 0 Å². The lowest BCUT2D eigenvalue weighted by Crippen LogP contribution is -2.61. The molecule has 2 unspecified atom stereocenters. The smallest absolute Gasteiger partial charge is 0.309 e. The van der Waals surface area contributed by atoms with Gasteiger partial charge in [0.05, 0.1) is 11.0 Å². The van der Waals surface area contributed by atoms with Gasteiger partial charge < -0.3 is 10.4 Å². The molecule has 4 bridgehead atoms. The molecule has 1 aromatic rings. The van der Waals surface area contributed by atoms with Gasteiger partial charge in [-0.25, -0.2) is 4.98 Å². The fraction of sp³-hybridized carbons (Fsp3) is 0.611. The Morgan fingerprint density at radius 1 is 1.25 bits per heavy atom. The summed E-state index contributed by atoms with van der Waals surface area (Å²) in [6.45, 7) is 1.83. The molecular formula is C18H21ClN2O3. The second-order valence-corrected chi connectivity index (χ2v) is 8.20. The molecular weight excluding hydrogens is 328 g/mol. The van der Waals surface area contributed by atoms with Gasteiger partial charge in [0.25, 0.3) is 5.91 Å². The first-order valence-corrected chi connectivity index (χ1v) is 8.93. The highest BCUT2D eigenvalue weighted by molar-refractivity contribution is 6.32. The van der Waals surface area contributed by atoms with Crippen molar-refractivity contribution in [3.63, 3.8) is 0 Å². The van der Waals surface area contributed by atoms with Crippen molar-refractivity contribution in [3.05, 3.63) is 28.5 Å². The van der Waals surface area contributed by atoms with Crippen LogP contribution < -0.4 is 5.32 Å². The van der Waals surface area contributed by atoms with Gasteiger partial charge in [0.1, 0.15) is 5.15 Å². The van der Waals surface area contributed by atoms with Crippen LogP contribution in [0.2, 0.25) is 5.15 Å². The lowest BCUT2D eigenvalue weighted by Gasteiger charge is -2.58. The summed E-state index contributed by atoms with van der Waals surface area (Å²) in [5.74, 6) is 0.158. The number of aliphatic carboxylic acids is 1. The second-order valence-electron chi connectivity index (χ2n) is 7.85. The third kappa shape index (κ3) is 2.41. The predicted octanol–water partition coefficient (Wildman–Crippen LogP) is 3.05. The molecule has 4 aliphatic rings. The van der Waals surface area contributed by atoms with E-state index in [1.807, 2.05) is 6.92 Å². The van der Waals surface area contributed by atoms with Crippen molar-refractivity contribution in [2.45, 2.75) is 45.1 Å². The van der Waals surface area contributed by atoms with Gasteiger partial charge in [0.2, 0.25) is 0 Å². The van der Waals surface area contributed by atoms with Crippen LogP contribution >= 0.6 is 11.6 Å². The molecule has 2 atom stereocenters. The van der Waals surface area contributed by atoms with E-state index in [2.05, 4.69) is 10.3 Å². The van der Waals surface area contributed by atoms with Crippen LogP contribution in [-0.4, -0.2) is 28.0 Å². The van der Waals surface area contributed by atoms with Crippen LogP contribution in [0, 0.1) is 30.1 Å². The number of pyridine rings is 1. The molecule has 2 N–H and O–H groups in total. The first-order chi connectivity index (χ1) is 11.4. The SMILES string of the molecule is Cc1ccc(C(=O)NC2C3CC4CC2CC(C(=O)O)(C4)C3)c(Cl)n1. The Balaban J connectivity index is 1.54. The van der Waals surface area contributed by atoms with Crippen molar-refractivity contribution in [2.24, 2.45) is 23.2 Å². The molecule has 4 fully saturated rings. The molecule has 0 spiro atoms. The van der Waals surface area contributed by atoms with E-state index in [-0.39, 0.29) is 28.9 Å². The van der Waals surface area contributed by atoms with Crippen LogP contribution in [0.25, 0.3) is 0 Å². The normalized spacial score (nSPS) is 36.6. The maximum Gasteiger partial charge on any atom is 0.309 e. The fourth-order valence-corrected chi connectivity index (χ4v) is 5.73. The number of carboxylic acid groups (broad SMARTS) is 1. The highest BCUT2D eigenvalue weighted by atomic mass is 35.5. The quantitative estimate of drug-likeness (QED) is 0.823. The number of carbonyl (C=O) groups excluding carboxylic acids is 1. The van der Waals surface area contributed by atoms with Crippen molar-refractivity contribution < 1.29 is 14.7 Å². The van der Waals surface area contributed by atoms with E-state index in [0.717, 1.165) is 25.0 Å². The first kappa shape index (κ1) is 15.9. The van der Waals surface area contributed by atoms with Crippen LogP contribution in [-0.2, 0) is 4.79 Å². The number of amides is 1. The van der Waals surface area contributed by atoms with Crippen LogP contribution in [0.1, 0.15) is 48.2 Å². The summed E-state index contributed by atoms with van der Waals surface area (Å²) in [4.78, 5) is 28.5. The number of nitrogens with one attached hydrogen (secondary N) is 1. The van der Waals surface area contributed by atoms with Crippen molar-refractivity contribution in [2.75, 3.05) is 0 Å². The van der Waals surface area contributed by atoms with Gasteiger partial charge in [-0.2, -0.15) is 0 Å². The standard InChI is InChI=1S/C18H21ClN2O3/c1-9-2-3-13(15(19)20-9)16(22)21-14-11-4-10-5-12(14)8-18(6-10,7-11)17(23)24/h2-3,10-12,14H,4-8H2,1H3,(H,21,22)(H,23,24). The molecule has 0 saturated heterocycles. The summed E-state index contributed by atoms with van der Waals surface area (Å²) < 4.78 is 0. The molecule has 1 amide bonds. The number of rotatable bonds is 3. The lowest BCUT2D eigenvalue weighted by atomic mass is 9.48. The van der Waals surface area contributed by atoms with Gasteiger partial charge in [0.15, 0.2) is 0 Å². The zero-order chi connectivity index (χ0) is 17.1. The monoisotopic (exact) mass is 348 g/mol. The van der Waals surface area contributed by atoms with Gasteiger partial charge >= 0.3 is 5.97 Å². The molecule has 1 aromatic heterocycles. The van der Waals surface area contributed by atoms with Gasteiger partial charge in [0, 0.05) is 11.7 Å². The fourth-order valence-electron chi connectivity index (χ4n) is 5.45. The molecule has 1 heterocycles. The lowest BCUT2D eigenvalue weighted by molar-refractivity contribution is -0.166. The van der Waals surface area contributed by atoms with Crippen molar-refractivity contribution in [1.29, 1.82) is 0 Å². The Kier molecular flexibility index (Phi) is 3.60. The Hall–Kier alpha value is -1.62. The molecule has 6 heteroatoms. The second kappa shape index (κ2) is 5.45. The summed E-state index contributed by atoms with van der Waals surface area (Å²) in [5, 5.41) is 13.0. The minimum Gasteiger partial charge on any atom is -0.481 e. The molecule has 0 aliphatic heterocycles. The minimum atomic E-state index is -0.655. The van der Waals surface area contributed by atoms with E-state index < -0.39 is 11.4 Å².